The van der Waals surface area contributed by atoms with Gasteiger partial charge in [0.1, 0.15) is 0 Å². The Morgan fingerprint density at radius 2 is 1.69 bits per heavy atom. The molecule has 1 saturated heterocycles. The Bertz CT molecular complexity index is 1000. The monoisotopic (exact) mass is 460 g/mol. The Morgan fingerprint density at radius 3 is 2.34 bits per heavy atom. The van der Waals surface area contributed by atoms with E-state index in [0.717, 1.165) is 37.2 Å². The molecule has 4 N–H and O–H groups in total. The number of carbonyl (C=O) groups is 2. The smallest absolute Gasteiger partial charge is 0.233 e. The van der Waals surface area contributed by atoms with Gasteiger partial charge in [0.2, 0.25) is 17.8 Å². The van der Waals surface area contributed by atoms with Crippen molar-refractivity contribution in [1.29, 1.82) is 0 Å². The first-order chi connectivity index (χ1) is 15.5. The van der Waals surface area contributed by atoms with Crippen LogP contribution in [0.1, 0.15) is 38.5 Å². The Morgan fingerprint density at radius 1 is 1.00 bits per heavy atom. The molecule has 1 unspecified atom stereocenters. The molecule has 0 spiro atoms. The van der Waals surface area contributed by atoms with E-state index in [1.54, 1.807) is 0 Å². The fraction of sp³-hybridized carbons (Fsp3) is 0.476. The first-order valence-electron chi connectivity index (χ1n) is 10.7. The van der Waals surface area contributed by atoms with E-state index in [4.69, 9.17) is 0 Å². The Balaban J connectivity index is 1.49. The van der Waals surface area contributed by atoms with E-state index in [1.807, 2.05) is 0 Å². The second-order valence-corrected chi connectivity index (χ2v) is 9.24. The summed E-state index contributed by atoms with van der Waals surface area (Å²) >= 11 is 1.02. The number of nitrogens with zero attached hydrogens (tertiary/aromatic N) is 3. The molecule has 0 amide bonds. The van der Waals surface area contributed by atoms with Gasteiger partial charge in [0.05, 0.1) is 11.7 Å². The van der Waals surface area contributed by atoms with E-state index in [1.165, 1.54) is 31.4 Å². The zero-order chi connectivity index (χ0) is 22.5. The van der Waals surface area contributed by atoms with Crippen molar-refractivity contribution < 1.29 is 19.1 Å². The number of benzene rings is 1. The van der Waals surface area contributed by atoms with Gasteiger partial charge in [0.15, 0.2) is 22.5 Å². The molecular weight excluding hydrogens is 435 g/mol. The van der Waals surface area contributed by atoms with Gasteiger partial charge in [-0.2, -0.15) is 15.0 Å². The van der Waals surface area contributed by atoms with Crippen LogP contribution in [0.15, 0.2) is 18.2 Å². The quantitative estimate of drug-likeness (QED) is 0.343. The predicted molar refractivity (Wildman–Crippen MR) is 121 cm³/mol. The van der Waals surface area contributed by atoms with Crippen LogP contribution in [0.2, 0.25) is 0 Å². The molecular formula is C21H25FN6O3S. The van der Waals surface area contributed by atoms with Crippen LogP contribution >= 0.6 is 11.8 Å². The van der Waals surface area contributed by atoms with Gasteiger partial charge in [0.25, 0.3) is 0 Å². The summed E-state index contributed by atoms with van der Waals surface area (Å²) in [6.45, 7) is 0.955. The second kappa shape index (κ2) is 10.1. The number of hydrogen-bond acceptors (Lipinski definition) is 10. The van der Waals surface area contributed by atoms with Crippen molar-refractivity contribution in [3.63, 3.8) is 0 Å². The molecule has 9 nitrogen and oxygen atoms in total. The summed E-state index contributed by atoms with van der Waals surface area (Å²) in [6, 6.07) is 3.88. The molecule has 1 aliphatic carbocycles. The third-order valence-electron chi connectivity index (χ3n) is 5.51. The number of carbonyl (C=O) groups excluding carboxylic acids is 2. The molecule has 170 valence electrons. The molecule has 1 atom stereocenters. The van der Waals surface area contributed by atoms with Crippen molar-refractivity contribution in [3.05, 3.63) is 24.0 Å². The number of Topliss-reactive ketones (excluding diaryl/α,β-unsaturated/α-hetero) is 1. The van der Waals surface area contributed by atoms with Crippen LogP contribution in [0.25, 0.3) is 0 Å². The summed E-state index contributed by atoms with van der Waals surface area (Å²) in [5.41, 5.74) is 0.364. The Hall–Kier alpha value is -2.95. The molecule has 2 aromatic rings. The number of nitrogens with one attached hydrogen (secondary N) is 3. The van der Waals surface area contributed by atoms with Gasteiger partial charge in [-0.05, 0) is 30.9 Å². The summed E-state index contributed by atoms with van der Waals surface area (Å²) in [6.07, 6.45) is 5.99. The molecule has 2 aliphatic rings. The van der Waals surface area contributed by atoms with Crippen molar-refractivity contribution in [2.45, 2.75) is 43.8 Å². The summed E-state index contributed by atoms with van der Waals surface area (Å²) in [4.78, 5) is 36.5. The van der Waals surface area contributed by atoms with Crippen molar-refractivity contribution >= 4 is 46.2 Å². The van der Waals surface area contributed by atoms with Crippen molar-refractivity contribution in [3.8, 4) is 5.75 Å². The molecule has 1 aromatic carbocycles. The average molecular weight is 461 g/mol. The van der Waals surface area contributed by atoms with Crippen LogP contribution in [0.4, 0.5) is 27.9 Å². The molecule has 11 heteroatoms. The second-order valence-electron chi connectivity index (χ2n) is 7.98. The summed E-state index contributed by atoms with van der Waals surface area (Å²) in [5, 5.41) is 18.0. The van der Waals surface area contributed by atoms with Gasteiger partial charge in [-0.25, -0.2) is 4.39 Å². The number of aromatic nitrogens is 3. The predicted octanol–water partition coefficient (Wildman–Crippen LogP) is 3.47. The maximum Gasteiger partial charge on any atom is 0.233 e. The standard InChI is InChI=1S/C21H25FN6O3S/c22-14-8-13(6-7-15(14)29)25-21-27-19(23-10-12-4-2-1-3-5-12)26-20(28-21)24-11-17-16(30)9-18(31)32-17/h6-8,12,17,29H,1-5,9-11H2,(H3,23,24,25,26,27,28). The third kappa shape index (κ3) is 5.84. The number of phenols is 1. The fourth-order valence-electron chi connectivity index (χ4n) is 3.79. The molecule has 2 fully saturated rings. The normalized spacial score (nSPS) is 19.2. The first kappa shape index (κ1) is 22.3. The SMILES string of the molecule is O=C1CC(=O)C(CNc2nc(NCC3CCCCC3)nc(Nc3ccc(O)c(F)c3)n2)S1. The maximum atomic E-state index is 13.7. The first-order valence-corrected chi connectivity index (χ1v) is 11.6. The van der Waals surface area contributed by atoms with Crippen LogP contribution in [-0.4, -0.2) is 49.3 Å². The van der Waals surface area contributed by atoms with Gasteiger partial charge in [-0.15, -0.1) is 0 Å². The highest BCUT2D eigenvalue weighted by Crippen LogP contribution is 2.27. The summed E-state index contributed by atoms with van der Waals surface area (Å²) in [5.74, 6) is 0.00138. The van der Waals surface area contributed by atoms with Crippen LogP contribution in [-0.2, 0) is 9.59 Å². The summed E-state index contributed by atoms with van der Waals surface area (Å²) in [7, 11) is 0. The Labute approximate surface area is 189 Å². The van der Waals surface area contributed by atoms with Crippen molar-refractivity contribution in [2.24, 2.45) is 5.92 Å². The number of rotatable bonds is 8. The zero-order valence-electron chi connectivity index (χ0n) is 17.4. The highest BCUT2D eigenvalue weighted by atomic mass is 32.2. The van der Waals surface area contributed by atoms with Crippen molar-refractivity contribution in [2.75, 3.05) is 29.0 Å². The minimum atomic E-state index is -0.764. The Kier molecular flexibility index (Phi) is 7.03. The molecule has 4 rings (SSSR count). The topological polar surface area (TPSA) is 129 Å². The average Bonchev–Trinajstić information content (AvgIpc) is 3.11. The summed E-state index contributed by atoms with van der Waals surface area (Å²) < 4.78 is 13.7. The molecule has 1 aliphatic heterocycles. The lowest BCUT2D eigenvalue weighted by Crippen LogP contribution is -2.23. The van der Waals surface area contributed by atoms with E-state index in [9.17, 15) is 19.1 Å². The lowest BCUT2D eigenvalue weighted by molar-refractivity contribution is -0.121. The maximum absolute atomic E-state index is 13.7. The lowest BCUT2D eigenvalue weighted by atomic mass is 9.89. The number of anilines is 4. The van der Waals surface area contributed by atoms with E-state index in [-0.39, 0.29) is 35.8 Å². The van der Waals surface area contributed by atoms with Gasteiger partial charge in [0, 0.05) is 24.8 Å². The number of aromatic hydroxyl groups is 1. The number of hydrogen-bond donors (Lipinski definition) is 4. The lowest BCUT2D eigenvalue weighted by Gasteiger charge is -2.22. The largest absolute Gasteiger partial charge is 0.505 e. The molecule has 1 aromatic heterocycles. The highest BCUT2D eigenvalue weighted by Gasteiger charge is 2.31. The van der Waals surface area contributed by atoms with E-state index < -0.39 is 16.8 Å². The fourth-order valence-corrected chi connectivity index (χ4v) is 4.72. The molecule has 32 heavy (non-hydrogen) atoms. The van der Waals surface area contributed by atoms with Crippen LogP contribution < -0.4 is 16.0 Å². The van der Waals surface area contributed by atoms with Gasteiger partial charge >= 0.3 is 0 Å². The number of halogens is 1. The molecule has 0 bridgehead atoms. The molecule has 0 radical (unpaired) electrons. The third-order valence-corrected chi connectivity index (χ3v) is 6.63. The van der Waals surface area contributed by atoms with Crippen LogP contribution in [0.3, 0.4) is 0 Å². The van der Waals surface area contributed by atoms with E-state index in [0.29, 0.717) is 17.6 Å². The van der Waals surface area contributed by atoms with E-state index >= 15 is 0 Å². The van der Waals surface area contributed by atoms with E-state index in [2.05, 4.69) is 30.9 Å². The van der Waals surface area contributed by atoms with Gasteiger partial charge in [-0.3, -0.25) is 9.59 Å². The number of ketones is 1. The van der Waals surface area contributed by atoms with Crippen LogP contribution in [0, 0.1) is 11.7 Å². The van der Waals surface area contributed by atoms with Crippen molar-refractivity contribution in [1.82, 2.24) is 15.0 Å². The van der Waals surface area contributed by atoms with Crippen LogP contribution in [0.5, 0.6) is 5.75 Å². The number of phenolic OH excluding ortho intramolecular Hbond substituents is 1. The van der Waals surface area contributed by atoms with Gasteiger partial charge in [-0.1, -0.05) is 31.0 Å². The van der Waals surface area contributed by atoms with Gasteiger partial charge < -0.3 is 21.1 Å². The number of thioether (sulfide) groups is 1. The highest BCUT2D eigenvalue weighted by molar-refractivity contribution is 8.15. The minimum absolute atomic E-state index is 0.0539. The molecule has 1 saturated carbocycles. The minimum Gasteiger partial charge on any atom is -0.505 e. The molecule has 2 heterocycles. The zero-order valence-corrected chi connectivity index (χ0v) is 18.3.